The molecule has 0 aliphatic carbocycles. The third-order valence-corrected chi connectivity index (χ3v) is 4.19. The van der Waals surface area contributed by atoms with Gasteiger partial charge in [0.15, 0.2) is 9.84 Å². The van der Waals surface area contributed by atoms with E-state index in [0.717, 1.165) is 6.42 Å². The minimum Gasteiger partial charge on any atom is -0.395 e. The molecule has 0 aromatic rings. The summed E-state index contributed by atoms with van der Waals surface area (Å²) in [6.07, 6.45) is 0.872. The van der Waals surface area contributed by atoms with Crippen LogP contribution in [0.15, 0.2) is 0 Å². The molecule has 0 aromatic carbocycles. The molecule has 0 amide bonds. The summed E-state index contributed by atoms with van der Waals surface area (Å²) in [7, 11) is -2.79. The highest BCUT2D eigenvalue weighted by Gasteiger charge is 2.25. The molecule has 13 heavy (non-hydrogen) atoms. The van der Waals surface area contributed by atoms with Crippen molar-refractivity contribution in [1.29, 1.82) is 0 Å². The number of aliphatic hydroxyl groups excluding tert-OH is 1. The molecule has 1 fully saturated rings. The van der Waals surface area contributed by atoms with Gasteiger partial charge in [-0.25, -0.2) is 8.42 Å². The van der Waals surface area contributed by atoms with Gasteiger partial charge < -0.3 is 5.11 Å². The Balaban J connectivity index is 2.49. The van der Waals surface area contributed by atoms with Gasteiger partial charge in [-0.1, -0.05) is 6.92 Å². The third kappa shape index (κ3) is 2.93. The molecule has 1 heterocycles. The smallest absolute Gasteiger partial charge is 0.152 e. The average Bonchev–Trinajstić information content (AvgIpc) is 2.09. The Labute approximate surface area is 79.5 Å². The van der Waals surface area contributed by atoms with Gasteiger partial charge in [0.05, 0.1) is 18.1 Å². The Morgan fingerprint density at radius 2 is 1.92 bits per heavy atom. The van der Waals surface area contributed by atoms with Crippen LogP contribution in [0.1, 0.15) is 13.3 Å². The molecule has 1 rings (SSSR count). The molecule has 1 aliphatic rings. The van der Waals surface area contributed by atoms with Gasteiger partial charge >= 0.3 is 0 Å². The maximum atomic E-state index is 11.1. The van der Waals surface area contributed by atoms with Crippen LogP contribution in [-0.2, 0) is 9.84 Å². The first kappa shape index (κ1) is 10.9. The molecule has 0 spiro atoms. The molecule has 0 aromatic heterocycles. The van der Waals surface area contributed by atoms with Crippen LogP contribution in [0.5, 0.6) is 0 Å². The van der Waals surface area contributed by atoms with Crippen LogP contribution in [-0.4, -0.2) is 55.7 Å². The van der Waals surface area contributed by atoms with Crippen molar-refractivity contribution in [2.24, 2.45) is 0 Å². The number of hydrogen-bond acceptors (Lipinski definition) is 4. The monoisotopic (exact) mass is 207 g/mol. The maximum absolute atomic E-state index is 11.1. The van der Waals surface area contributed by atoms with E-state index in [1.807, 2.05) is 6.92 Å². The predicted molar refractivity (Wildman–Crippen MR) is 51.4 cm³/mol. The molecular weight excluding hydrogens is 190 g/mol. The van der Waals surface area contributed by atoms with Crippen LogP contribution in [0.2, 0.25) is 0 Å². The second-order valence-electron chi connectivity index (χ2n) is 3.43. The highest BCUT2D eigenvalue weighted by molar-refractivity contribution is 7.91. The van der Waals surface area contributed by atoms with E-state index < -0.39 is 9.84 Å². The lowest BCUT2D eigenvalue weighted by Gasteiger charge is -2.32. The van der Waals surface area contributed by atoms with Gasteiger partial charge in [-0.15, -0.1) is 0 Å². The SMILES string of the molecule is CC[C@H](CO)N1CCS(=O)(=O)CC1. The van der Waals surface area contributed by atoms with Crippen LogP contribution in [0, 0.1) is 0 Å². The van der Waals surface area contributed by atoms with Gasteiger partial charge in [-0.3, -0.25) is 4.90 Å². The van der Waals surface area contributed by atoms with Crippen LogP contribution < -0.4 is 0 Å². The molecule has 0 unspecified atom stereocenters. The highest BCUT2D eigenvalue weighted by Crippen LogP contribution is 2.09. The molecule has 0 saturated carbocycles. The van der Waals surface area contributed by atoms with E-state index in [9.17, 15) is 8.42 Å². The first-order valence-corrected chi connectivity index (χ1v) is 6.46. The Kier molecular flexibility index (Phi) is 3.70. The molecule has 5 heteroatoms. The zero-order valence-corrected chi connectivity index (χ0v) is 8.76. The predicted octanol–water partition coefficient (Wildman–Crippen LogP) is -0.512. The van der Waals surface area contributed by atoms with E-state index in [2.05, 4.69) is 4.90 Å². The minimum atomic E-state index is -2.79. The Bertz CT molecular complexity index is 232. The fourth-order valence-corrected chi connectivity index (χ4v) is 2.82. The molecular formula is C8H17NO3S. The largest absolute Gasteiger partial charge is 0.395 e. The fourth-order valence-electron chi connectivity index (χ4n) is 1.59. The topological polar surface area (TPSA) is 57.6 Å². The lowest BCUT2D eigenvalue weighted by Crippen LogP contribution is -2.47. The fraction of sp³-hybridized carbons (Fsp3) is 1.00. The van der Waals surface area contributed by atoms with Gasteiger partial charge in [0.2, 0.25) is 0 Å². The zero-order chi connectivity index (χ0) is 9.90. The van der Waals surface area contributed by atoms with Crippen molar-refractivity contribution in [2.45, 2.75) is 19.4 Å². The number of sulfone groups is 1. The summed E-state index contributed by atoms with van der Waals surface area (Å²) in [5.74, 6) is 0.479. The molecule has 1 aliphatic heterocycles. The normalized spacial score (nSPS) is 25.7. The lowest BCUT2D eigenvalue weighted by molar-refractivity contribution is 0.128. The second-order valence-corrected chi connectivity index (χ2v) is 5.74. The second kappa shape index (κ2) is 4.39. The summed E-state index contributed by atoms with van der Waals surface area (Å²) in [6.45, 7) is 3.27. The number of rotatable bonds is 3. The summed E-state index contributed by atoms with van der Waals surface area (Å²) in [6, 6.07) is 0.135. The van der Waals surface area contributed by atoms with E-state index in [0.29, 0.717) is 13.1 Å². The molecule has 4 nitrogen and oxygen atoms in total. The van der Waals surface area contributed by atoms with Gasteiger partial charge in [0, 0.05) is 19.1 Å². The molecule has 0 radical (unpaired) electrons. The summed E-state index contributed by atoms with van der Waals surface area (Å²) >= 11 is 0. The van der Waals surface area contributed by atoms with Crippen molar-refractivity contribution in [3.05, 3.63) is 0 Å². The Morgan fingerprint density at radius 3 is 2.31 bits per heavy atom. The molecule has 1 atom stereocenters. The maximum Gasteiger partial charge on any atom is 0.152 e. The third-order valence-electron chi connectivity index (χ3n) is 2.58. The quantitative estimate of drug-likeness (QED) is 0.677. The van der Waals surface area contributed by atoms with E-state index in [4.69, 9.17) is 5.11 Å². The summed E-state index contributed by atoms with van der Waals surface area (Å²) in [5.41, 5.74) is 0. The van der Waals surface area contributed by atoms with E-state index >= 15 is 0 Å². The van der Waals surface area contributed by atoms with Crippen molar-refractivity contribution < 1.29 is 13.5 Å². The minimum absolute atomic E-state index is 0.122. The van der Waals surface area contributed by atoms with Crippen LogP contribution in [0.3, 0.4) is 0 Å². The van der Waals surface area contributed by atoms with Crippen molar-refractivity contribution in [1.82, 2.24) is 4.90 Å². The summed E-state index contributed by atoms with van der Waals surface area (Å²) in [4.78, 5) is 2.06. The van der Waals surface area contributed by atoms with E-state index in [1.54, 1.807) is 0 Å². The molecule has 1 N–H and O–H groups in total. The number of nitrogens with zero attached hydrogens (tertiary/aromatic N) is 1. The summed E-state index contributed by atoms with van der Waals surface area (Å²) in [5, 5.41) is 9.02. The van der Waals surface area contributed by atoms with Gasteiger partial charge in [0.25, 0.3) is 0 Å². The molecule has 0 bridgehead atoms. The average molecular weight is 207 g/mol. The standard InChI is InChI=1S/C8H17NO3S/c1-2-8(7-10)9-3-5-13(11,12)6-4-9/h8,10H,2-7H2,1H3/t8-/m1/s1. The van der Waals surface area contributed by atoms with Crippen molar-refractivity contribution in [3.8, 4) is 0 Å². The lowest BCUT2D eigenvalue weighted by atomic mass is 10.2. The van der Waals surface area contributed by atoms with Gasteiger partial charge in [-0.05, 0) is 6.42 Å². The van der Waals surface area contributed by atoms with Crippen molar-refractivity contribution >= 4 is 9.84 Å². The van der Waals surface area contributed by atoms with Crippen LogP contribution in [0.4, 0.5) is 0 Å². The van der Waals surface area contributed by atoms with Gasteiger partial charge in [-0.2, -0.15) is 0 Å². The number of hydrogen-bond donors (Lipinski definition) is 1. The van der Waals surface area contributed by atoms with Crippen molar-refractivity contribution in [3.63, 3.8) is 0 Å². The van der Waals surface area contributed by atoms with Crippen LogP contribution in [0.25, 0.3) is 0 Å². The Hall–Kier alpha value is -0.130. The number of aliphatic hydroxyl groups is 1. The van der Waals surface area contributed by atoms with E-state index in [1.165, 1.54) is 0 Å². The van der Waals surface area contributed by atoms with Crippen molar-refractivity contribution in [2.75, 3.05) is 31.2 Å². The highest BCUT2D eigenvalue weighted by atomic mass is 32.2. The molecule has 78 valence electrons. The first-order chi connectivity index (χ1) is 6.09. The van der Waals surface area contributed by atoms with E-state index in [-0.39, 0.29) is 24.2 Å². The first-order valence-electron chi connectivity index (χ1n) is 4.64. The van der Waals surface area contributed by atoms with Gasteiger partial charge in [0.1, 0.15) is 0 Å². The zero-order valence-electron chi connectivity index (χ0n) is 7.94. The Morgan fingerprint density at radius 1 is 1.38 bits per heavy atom. The summed E-state index contributed by atoms with van der Waals surface area (Å²) < 4.78 is 22.2. The van der Waals surface area contributed by atoms with Crippen LogP contribution >= 0.6 is 0 Å². The molecule has 1 saturated heterocycles.